The van der Waals surface area contributed by atoms with Crippen LogP contribution in [-0.4, -0.2) is 40.8 Å². The summed E-state index contributed by atoms with van der Waals surface area (Å²) >= 11 is 0. The molecule has 1 aliphatic rings. The second-order valence-electron chi connectivity index (χ2n) is 7.58. The molecule has 0 saturated carbocycles. The Morgan fingerprint density at radius 2 is 1.80 bits per heavy atom. The van der Waals surface area contributed by atoms with Gasteiger partial charge in [0.1, 0.15) is 10.7 Å². The lowest BCUT2D eigenvalue weighted by Crippen LogP contribution is -2.39. The van der Waals surface area contributed by atoms with E-state index in [1.165, 1.54) is 0 Å². The number of nitrogens with zero attached hydrogens (tertiary/aromatic N) is 3. The molecule has 1 atom stereocenters. The zero-order chi connectivity index (χ0) is 20.6. The molecule has 30 heavy (non-hydrogen) atoms. The number of H-pyrrole nitrogens is 1. The highest BCUT2D eigenvalue weighted by atomic mass is 32.2. The van der Waals surface area contributed by atoms with E-state index in [0.29, 0.717) is 18.6 Å². The molecule has 0 aliphatic carbocycles. The highest BCUT2D eigenvalue weighted by molar-refractivity contribution is 7.89. The second kappa shape index (κ2) is 7.66. The van der Waals surface area contributed by atoms with Gasteiger partial charge in [-0.05, 0) is 30.5 Å². The Morgan fingerprint density at radius 1 is 0.967 bits per heavy atom. The van der Waals surface area contributed by atoms with Crippen LogP contribution in [0.25, 0.3) is 22.2 Å². The molecule has 6 nitrogen and oxygen atoms in total. The third-order valence-electron chi connectivity index (χ3n) is 5.66. The number of rotatable bonds is 4. The fourth-order valence-electron chi connectivity index (χ4n) is 4.12. The van der Waals surface area contributed by atoms with Crippen LogP contribution in [0.2, 0.25) is 0 Å². The Bertz CT molecular complexity index is 1280. The van der Waals surface area contributed by atoms with Gasteiger partial charge in [0.05, 0.1) is 17.4 Å². The number of para-hydroxylation sites is 1. The monoisotopic (exact) mass is 418 g/mol. The van der Waals surface area contributed by atoms with E-state index in [-0.39, 0.29) is 10.8 Å². The van der Waals surface area contributed by atoms with Crippen molar-refractivity contribution in [3.63, 3.8) is 0 Å². The molecule has 2 aromatic carbocycles. The van der Waals surface area contributed by atoms with Gasteiger partial charge in [-0.2, -0.15) is 4.31 Å². The van der Waals surface area contributed by atoms with Crippen molar-refractivity contribution in [3.8, 4) is 11.3 Å². The molecule has 1 N–H and O–H groups in total. The number of hydrogen-bond donors (Lipinski definition) is 1. The van der Waals surface area contributed by atoms with Gasteiger partial charge in [0, 0.05) is 30.6 Å². The molecule has 3 heterocycles. The first-order valence-electron chi connectivity index (χ1n) is 10.1. The minimum Gasteiger partial charge on any atom is -0.342 e. The third-order valence-corrected chi connectivity index (χ3v) is 7.56. The van der Waals surface area contributed by atoms with E-state index in [1.807, 2.05) is 54.7 Å². The van der Waals surface area contributed by atoms with Crippen molar-refractivity contribution in [3.05, 3.63) is 78.9 Å². The first-order chi connectivity index (χ1) is 14.6. The Labute approximate surface area is 175 Å². The normalized spacial score (nSPS) is 17.9. The molecule has 0 spiro atoms. The molecule has 7 heteroatoms. The Hall–Kier alpha value is -3.03. The molecule has 4 aromatic rings. The van der Waals surface area contributed by atoms with Crippen LogP contribution in [0, 0.1) is 0 Å². The van der Waals surface area contributed by atoms with Crippen LogP contribution < -0.4 is 0 Å². The van der Waals surface area contributed by atoms with E-state index >= 15 is 0 Å². The van der Waals surface area contributed by atoms with Gasteiger partial charge in [0.2, 0.25) is 10.0 Å². The van der Waals surface area contributed by atoms with E-state index in [9.17, 15) is 8.42 Å². The maximum absolute atomic E-state index is 13.5. The van der Waals surface area contributed by atoms with Gasteiger partial charge in [0.25, 0.3) is 0 Å². The molecule has 0 radical (unpaired) electrons. The van der Waals surface area contributed by atoms with Gasteiger partial charge in [0.15, 0.2) is 0 Å². The van der Waals surface area contributed by atoms with E-state index in [4.69, 9.17) is 0 Å². The van der Waals surface area contributed by atoms with E-state index < -0.39 is 10.0 Å². The van der Waals surface area contributed by atoms with Crippen LogP contribution in [0.4, 0.5) is 0 Å². The number of hydrogen-bond acceptors (Lipinski definition) is 4. The number of pyridine rings is 1. The number of fused-ring (bicyclic) bond motifs is 1. The molecule has 0 amide bonds. The van der Waals surface area contributed by atoms with E-state index in [2.05, 4.69) is 15.0 Å². The average molecular weight is 419 g/mol. The van der Waals surface area contributed by atoms with Crippen LogP contribution in [0.15, 0.2) is 78.0 Å². The summed E-state index contributed by atoms with van der Waals surface area (Å²) in [6.45, 7) is 0.918. The van der Waals surface area contributed by atoms with E-state index in [1.54, 1.807) is 22.6 Å². The fraction of sp³-hybridized carbons (Fsp3) is 0.217. The summed E-state index contributed by atoms with van der Waals surface area (Å²) in [7, 11) is -3.65. The first kappa shape index (κ1) is 19.0. The van der Waals surface area contributed by atoms with Crippen LogP contribution in [0.1, 0.15) is 24.6 Å². The largest absolute Gasteiger partial charge is 0.342 e. The highest BCUT2D eigenvalue weighted by Crippen LogP contribution is 2.32. The summed E-state index contributed by atoms with van der Waals surface area (Å²) in [4.78, 5) is 12.6. The van der Waals surface area contributed by atoms with Gasteiger partial charge in [-0.1, -0.05) is 48.5 Å². The molecule has 152 valence electrons. The predicted octanol–water partition coefficient (Wildman–Crippen LogP) is 4.19. The summed E-state index contributed by atoms with van der Waals surface area (Å²) in [6.07, 6.45) is 5.16. The molecule has 5 rings (SSSR count). The summed E-state index contributed by atoms with van der Waals surface area (Å²) in [5.41, 5.74) is 2.54. The van der Waals surface area contributed by atoms with Gasteiger partial charge >= 0.3 is 0 Å². The standard InChI is InChI=1S/C23H22N4O2S/c28-30(29,21-12-4-9-18-10-5-13-24-22(18)21)27-14-6-11-19(16-27)23-25-15-20(26-23)17-7-2-1-3-8-17/h1-5,7-10,12-13,15,19H,6,11,14,16H2,(H,25,26). The number of benzene rings is 2. The quantitative estimate of drug-likeness (QED) is 0.539. The SMILES string of the molecule is O=S(=O)(c1cccc2cccnc12)N1CCCC(c2ncc(-c3ccccc3)[nH]2)C1. The minimum atomic E-state index is -3.65. The van der Waals surface area contributed by atoms with Crippen molar-refractivity contribution in [2.24, 2.45) is 0 Å². The highest BCUT2D eigenvalue weighted by Gasteiger charge is 2.33. The number of nitrogens with one attached hydrogen (secondary N) is 1. The van der Waals surface area contributed by atoms with Crippen molar-refractivity contribution >= 4 is 20.9 Å². The van der Waals surface area contributed by atoms with Gasteiger partial charge < -0.3 is 4.98 Å². The Morgan fingerprint density at radius 3 is 2.67 bits per heavy atom. The average Bonchev–Trinajstić information content (AvgIpc) is 3.30. The summed E-state index contributed by atoms with van der Waals surface area (Å²) < 4.78 is 28.5. The van der Waals surface area contributed by atoms with Crippen LogP contribution in [0.5, 0.6) is 0 Å². The molecule has 1 aliphatic heterocycles. The third kappa shape index (κ3) is 3.40. The molecule has 0 bridgehead atoms. The zero-order valence-electron chi connectivity index (χ0n) is 16.4. The van der Waals surface area contributed by atoms with Crippen molar-refractivity contribution < 1.29 is 8.42 Å². The molecule has 1 unspecified atom stereocenters. The van der Waals surface area contributed by atoms with Gasteiger partial charge in [-0.3, -0.25) is 4.98 Å². The van der Waals surface area contributed by atoms with Gasteiger partial charge in [-0.15, -0.1) is 0 Å². The second-order valence-corrected chi connectivity index (χ2v) is 9.49. The lowest BCUT2D eigenvalue weighted by atomic mass is 9.99. The maximum atomic E-state index is 13.5. The molecular formula is C23H22N4O2S. The van der Waals surface area contributed by atoms with Gasteiger partial charge in [-0.25, -0.2) is 13.4 Å². The van der Waals surface area contributed by atoms with E-state index in [0.717, 1.165) is 35.3 Å². The molecule has 1 saturated heterocycles. The maximum Gasteiger partial charge on any atom is 0.245 e. The summed E-state index contributed by atoms with van der Waals surface area (Å²) in [6, 6.07) is 19.0. The van der Waals surface area contributed by atoms with Crippen molar-refractivity contribution in [1.29, 1.82) is 0 Å². The lowest BCUT2D eigenvalue weighted by molar-refractivity contribution is 0.310. The van der Waals surface area contributed by atoms with Crippen LogP contribution in [-0.2, 0) is 10.0 Å². The Balaban J connectivity index is 1.43. The minimum absolute atomic E-state index is 0.0360. The number of aromatic nitrogens is 3. The van der Waals surface area contributed by atoms with Crippen LogP contribution in [0.3, 0.4) is 0 Å². The number of imidazole rings is 1. The number of aromatic amines is 1. The topological polar surface area (TPSA) is 79.0 Å². The smallest absolute Gasteiger partial charge is 0.245 e. The van der Waals surface area contributed by atoms with Crippen molar-refractivity contribution in [1.82, 2.24) is 19.3 Å². The first-order valence-corrected chi connectivity index (χ1v) is 11.5. The molecular weight excluding hydrogens is 396 g/mol. The van der Waals surface area contributed by atoms with Crippen molar-refractivity contribution in [2.45, 2.75) is 23.7 Å². The van der Waals surface area contributed by atoms with Crippen LogP contribution >= 0.6 is 0 Å². The molecule has 2 aromatic heterocycles. The summed E-state index contributed by atoms with van der Waals surface area (Å²) in [5.74, 6) is 0.874. The number of sulfonamides is 1. The van der Waals surface area contributed by atoms with Crippen molar-refractivity contribution in [2.75, 3.05) is 13.1 Å². The predicted molar refractivity (Wildman–Crippen MR) is 117 cm³/mol. The zero-order valence-corrected chi connectivity index (χ0v) is 17.2. The molecule has 1 fully saturated rings. The number of piperidine rings is 1. The fourth-order valence-corrected chi connectivity index (χ4v) is 5.81. The lowest BCUT2D eigenvalue weighted by Gasteiger charge is -2.31. The Kier molecular flexibility index (Phi) is 4.84. The summed E-state index contributed by atoms with van der Waals surface area (Å²) in [5, 5.41) is 0.825.